The van der Waals surface area contributed by atoms with Crippen molar-refractivity contribution in [2.75, 3.05) is 22.9 Å². The summed E-state index contributed by atoms with van der Waals surface area (Å²) in [6.07, 6.45) is 5.30. The number of aryl methyl sites for hydroxylation is 2. The monoisotopic (exact) mass is 808 g/mol. The number of nitrogens with zero attached hydrogens (tertiary/aromatic N) is 5. The van der Waals surface area contributed by atoms with Crippen LogP contribution in [-0.2, 0) is 12.8 Å². The maximum Gasteiger partial charge on any atom is 0.299 e. The van der Waals surface area contributed by atoms with E-state index in [-0.39, 0.29) is 32.6 Å². The number of amides is 2. The number of carbonyl (C=O) groups is 2. The molecular formula is C42H42F2N8O3S2. The standard InChI is InChI=1S/C21H21FN4O2S.C21H21FN4OS/c1-2-18-19(23-24-21(27)29-18)15-7-10-17-14(12-15)4-3-11-26(17)20(25-28)13-5-8-16(22)9-6-13;1-2-18-19(24-25-21(27)28-18)15-7-10-17-14(12-15)4-3-11-26(17)20(23)13-5-8-16(22)9-6-13/h5-10,12,18,28H,2-4,11H2,1H3,(H,24,27);5-10,12,18,23H,2-4,11H2,1H3,(H,25,27)/b25-20-;. The largest absolute Gasteiger partial charge is 0.409 e. The summed E-state index contributed by atoms with van der Waals surface area (Å²) in [6, 6.07) is 24.2. The molecule has 0 radical (unpaired) electrons. The van der Waals surface area contributed by atoms with Crippen LogP contribution in [0, 0.1) is 17.0 Å². The Morgan fingerprint density at radius 3 is 1.67 bits per heavy atom. The van der Waals surface area contributed by atoms with Crippen LogP contribution in [0.1, 0.15) is 72.9 Å². The summed E-state index contributed by atoms with van der Waals surface area (Å²) in [5.74, 6) is 0.128. The van der Waals surface area contributed by atoms with E-state index in [9.17, 15) is 23.6 Å². The molecule has 0 aromatic heterocycles. The first-order valence-electron chi connectivity index (χ1n) is 18.9. The van der Waals surface area contributed by atoms with Crippen molar-refractivity contribution < 1.29 is 23.6 Å². The van der Waals surface area contributed by atoms with Gasteiger partial charge in [0.15, 0.2) is 5.84 Å². The second-order valence-corrected chi connectivity index (χ2v) is 16.2. The van der Waals surface area contributed by atoms with Crippen LogP contribution in [0.25, 0.3) is 0 Å². The van der Waals surface area contributed by atoms with E-state index < -0.39 is 0 Å². The molecule has 4 aromatic carbocycles. The Hall–Kier alpha value is -5.54. The van der Waals surface area contributed by atoms with E-state index in [2.05, 4.69) is 45.3 Å². The Bertz CT molecular complexity index is 2270. The Balaban J connectivity index is 0.000000174. The Kier molecular flexibility index (Phi) is 12.3. The number of carbonyl (C=O) groups excluding carboxylic acids is 2. The Morgan fingerprint density at radius 2 is 1.19 bits per heavy atom. The summed E-state index contributed by atoms with van der Waals surface area (Å²) in [7, 11) is 0. The molecule has 294 valence electrons. The van der Waals surface area contributed by atoms with Crippen molar-refractivity contribution in [1.29, 1.82) is 5.41 Å². The zero-order chi connectivity index (χ0) is 40.1. The van der Waals surface area contributed by atoms with Gasteiger partial charge in [-0.2, -0.15) is 10.2 Å². The number of hydrazone groups is 2. The predicted molar refractivity (Wildman–Crippen MR) is 226 cm³/mol. The van der Waals surface area contributed by atoms with Gasteiger partial charge >= 0.3 is 0 Å². The molecule has 0 spiro atoms. The average Bonchev–Trinajstić information content (AvgIpc) is 3.24. The number of hydrogen-bond donors (Lipinski definition) is 4. The van der Waals surface area contributed by atoms with E-state index in [1.165, 1.54) is 47.8 Å². The van der Waals surface area contributed by atoms with Gasteiger partial charge in [0.05, 0.1) is 21.9 Å². The molecule has 2 amide bonds. The molecule has 0 aliphatic carbocycles. The fourth-order valence-corrected chi connectivity index (χ4v) is 9.08. The SMILES string of the molecule is CCC1SC(=O)NN=C1c1ccc2c(c1)CCCN2/C(=N\O)c1ccc(F)cc1.CCC1SC(=O)NN=C1c1ccc2c(c1)CCCN2C(=N)c1ccc(F)cc1. The van der Waals surface area contributed by atoms with Crippen LogP contribution < -0.4 is 20.7 Å². The first kappa shape index (κ1) is 39.7. The zero-order valence-electron chi connectivity index (χ0n) is 31.5. The molecule has 4 aliphatic heterocycles. The molecule has 8 rings (SSSR count). The highest BCUT2D eigenvalue weighted by atomic mass is 32.2. The van der Waals surface area contributed by atoms with Crippen molar-refractivity contribution >= 4 is 68.5 Å². The molecule has 4 heterocycles. The second-order valence-electron chi connectivity index (χ2n) is 13.8. The zero-order valence-corrected chi connectivity index (χ0v) is 33.1. The molecule has 2 atom stereocenters. The van der Waals surface area contributed by atoms with Gasteiger partial charge in [0.25, 0.3) is 10.5 Å². The van der Waals surface area contributed by atoms with Crippen LogP contribution in [0.15, 0.2) is 100 Å². The summed E-state index contributed by atoms with van der Waals surface area (Å²) >= 11 is 2.53. The number of hydrogen-bond acceptors (Lipinski definition) is 9. The topological polar surface area (TPSA) is 146 Å². The molecule has 4 aromatic rings. The van der Waals surface area contributed by atoms with Gasteiger partial charge in [-0.05, 0) is 134 Å². The number of fused-ring (bicyclic) bond motifs is 2. The highest BCUT2D eigenvalue weighted by molar-refractivity contribution is 8.15. The van der Waals surface area contributed by atoms with E-state index >= 15 is 0 Å². The van der Waals surface area contributed by atoms with Crippen LogP contribution in [0.3, 0.4) is 0 Å². The Morgan fingerprint density at radius 1 is 0.737 bits per heavy atom. The summed E-state index contributed by atoms with van der Waals surface area (Å²) in [5.41, 5.74) is 14.5. The van der Waals surface area contributed by atoms with Crippen LogP contribution in [-0.4, -0.2) is 62.4 Å². The van der Waals surface area contributed by atoms with Gasteiger partial charge in [-0.25, -0.2) is 19.6 Å². The van der Waals surface area contributed by atoms with Crippen molar-refractivity contribution in [3.05, 3.63) is 130 Å². The normalized spacial score (nSPS) is 19.2. The van der Waals surface area contributed by atoms with Crippen molar-refractivity contribution in [3.8, 4) is 0 Å². The minimum atomic E-state index is -0.335. The number of rotatable bonds is 6. The third-order valence-corrected chi connectivity index (χ3v) is 12.5. The lowest BCUT2D eigenvalue weighted by Crippen LogP contribution is -2.36. The molecular weight excluding hydrogens is 767 g/mol. The molecule has 4 N–H and O–H groups in total. The number of amidine groups is 2. The lowest BCUT2D eigenvalue weighted by Gasteiger charge is -2.32. The average molecular weight is 809 g/mol. The number of anilines is 2. The van der Waals surface area contributed by atoms with Gasteiger partial charge in [0.1, 0.15) is 17.5 Å². The minimum absolute atomic E-state index is 0.0234. The molecule has 0 bridgehead atoms. The van der Waals surface area contributed by atoms with Crippen molar-refractivity contribution in [1.82, 2.24) is 10.9 Å². The summed E-state index contributed by atoms with van der Waals surface area (Å²) < 4.78 is 26.5. The quantitative estimate of drug-likeness (QED) is 0.0659. The smallest absolute Gasteiger partial charge is 0.299 e. The first-order chi connectivity index (χ1) is 27.7. The maximum absolute atomic E-state index is 13.3. The van der Waals surface area contributed by atoms with Gasteiger partial charge in [0, 0.05) is 35.6 Å². The third-order valence-electron chi connectivity index (χ3n) is 10.2. The fraction of sp³-hybridized carbons (Fsp3) is 0.286. The van der Waals surface area contributed by atoms with Gasteiger partial charge < -0.3 is 15.0 Å². The van der Waals surface area contributed by atoms with E-state index in [0.717, 1.165) is 90.1 Å². The molecule has 2 unspecified atom stereocenters. The van der Waals surface area contributed by atoms with E-state index in [4.69, 9.17) is 5.41 Å². The van der Waals surface area contributed by atoms with Gasteiger partial charge in [-0.15, -0.1) is 0 Å². The number of halogens is 2. The minimum Gasteiger partial charge on any atom is -0.409 e. The number of benzene rings is 4. The lowest BCUT2D eigenvalue weighted by molar-refractivity contribution is 0.260. The molecule has 0 saturated carbocycles. The fourth-order valence-electron chi connectivity index (χ4n) is 7.43. The van der Waals surface area contributed by atoms with Gasteiger partial charge in [-0.1, -0.05) is 54.7 Å². The molecule has 0 fully saturated rings. The van der Waals surface area contributed by atoms with Crippen LogP contribution in [0.4, 0.5) is 29.7 Å². The number of oxime groups is 1. The van der Waals surface area contributed by atoms with Gasteiger partial charge in [-0.3, -0.25) is 15.0 Å². The third kappa shape index (κ3) is 8.74. The molecule has 11 nitrogen and oxygen atoms in total. The van der Waals surface area contributed by atoms with E-state index in [1.54, 1.807) is 24.3 Å². The van der Waals surface area contributed by atoms with E-state index in [0.29, 0.717) is 29.3 Å². The molecule has 4 aliphatic rings. The Labute approximate surface area is 338 Å². The highest BCUT2D eigenvalue weighted by Crippen LogP contribution is 2.34. The summed E-state index contributed by atoms with van der Waals surface area (Å²) in [5, 5.41) is 30.2. The second kappa shape index (κ2) is 17.7. The van der Waals surface area contributed by atoms with Crippen LogP contribution >= 0.6 is 23.5 Å². The van der Waals surface area contributed by atoms with E-state index in [1.807, 2.05) is 41.0 Å². The van der Waals surface area contributed by atoms with Crippen LogP contribution in [0.5, 0.6) is 0 Å². The lowest BCUT2D eigenvalue weighted by atomic mass is 9.95. The van der Waals surface area contributed by atoms with Crippen molar-refractivity contribution in [3.63, 3.8) is 0 Å². The first-order valence-corrected chi connectivity index (χ1v) is 20.7. The predicted octanol–water partition coefficient (Wildman–Crippen LogP) is 8.90. The maximum atomic E-state index is 13.3. The molecule has 57 heavy (non-hydrogen) atoms. The van der Waals surface area contributed by atoms with Crippen LogP contribution in [0.2, 0.25) is 0 Å². The summed E-state index contributed by atoms with van der Waals surface area (Å²) in [4.78, 5) is 27.2. The van der Waals surface area contributed by atoms with Gasteiger partial charge in [0.2, 0.25) is 0 Å². The van der Waals surface area contributed by atoms with Crippen molar-refractivity contribution in [2.24, 2.45) is 15.4 Å². The van der Waals surface area contributed by atoms with Crippen molar-refractivity contribution in [2.45, 2.75) is 62.9 Å². The molecule has 15 heteroatoms. The number of thioether (sulfide) groups is 2. The highest BCUT2D eigenvalue weighted by Gasteiger charge is 2.29. The number of nitrogens with one attached hydrogen (secondary N) is 3. The molecule has 0 saturated heterocycles. The summed E-state index contributed by atoms with van der Waals surface area (Å²) in [6.45, 7) is 5.55.